The quantitative estimate of drug-likeness (QED) is 0.523. The molecule has 0 aromatic rings. The Hall–Kier alpha value is -1.28. The predicted octanol–water partition coefficient (Wildman–Crippen LogP) is 5.81. The van der Waals surface area contributed by atoms with Crippen LogP contribution in [0.5, 0.6) is 0 Å². The van der Waals surface area contributed by atoms with Gasteiger partial charge < -0.3 is 0 Å². The molecule has 1 aliphatic carbocycles. The predicted molar refractivity (Wildman–Crippen MR) is 82.9 cm³/mol. The summed E-state index contributed by atoms with van der Waals surface area (Å²) in [5.74, 6) is 0. The van der Waals surface area contributed by atoms with Gasteiger partial charge in [0.15, 0.2) is 0 Å². The molecule has 0 heterocycles. The molecule has 0 spiro atoms. The van der Waals surface area contributed by atoms with E-state index in [1.807, 2.05) is 0 Å². The average Bonchev–Trinajstić information content (AvgIpc) is 2.48. The molecule has 1 fully saturated rings. The zero-order valence-corrected chi connectivity index (χ0v) is 12.8. The molecule has 0 aromatic carbocycles. The van der Waals surface area contributed by atoms with Gasteiger partial charge in [0.05, 0.1) is 0 Å². The Balaban J connectivity index is 2.51. The van der Waals surface area contributed by atoms with Crippen LogP contribution in [0, 0.1) is 22.7 Å². The van der Waals surface area contributed by atoms with Crippen molar-refractivity contribution in [3.8, 4) is 12.1 Å². The zero-order valence-electron chi connectivity index (χ0n) is 12.8. The Kier molecular flexibility index (Phi) is 9.68. The summed E-state index contributed by atoms with van der Waals surface area (Å²) in [7, 11) is 0. The third-order valence-corrected chi connectivity index (χ3v) is 4.28. The minimum Gasteiger partial charge on any atom is -0.192 e. The molecule has 0 aliphatic heterocycles. The van der Waals surface area contributed by atoms with Crippen molar-refractivity contribution < 1.29 is 0 Å². The molecular weight excluding hydrogens is 244 g/mol. The number of hydrogen-bond donors (Lipinski definition) is 0. The van der Waals surface area contributed by atoms with Crippen LogP contribution in [0.1, 0.15) is 89.9 Å². The van der Waals surface area contributed by atoms with Gasteiger partial charge in [0, 0.05) is 0 Å². The first-order chi connectivity index (χ1) is 9.88. The third-order valence-electron chi connectivity index (χ3n) is 4.28. The maximum atomic E-state index is 9.06. The molecular formula is C18H28N2. The number of nitriles is 2. The van der Waals surface area contributed by atoms with Crippen LogP contribution < -0.4 is 0 Å². The van der Waals surface area contributed by atoms with Gasteiger partial charge in [0.2, 0.25) is 0 Å². The van der Waals surface area contributed by atoms with E-state index >= 15 is 0 Å². The number of allylic oxidation sites excluding steroid dienone is 2. The van der Waals surface area contributed by atoms with Crippen LogP contribution >= 0.6 is 0 Å². The lowest BCUT2D eigenvalue weighted by atomic mass is 9.96. The molecule has 0 radical (unpaired) electrons. The van der Waals surface area contributed by atoms with Crippen molar-refractivity contribution in [3.05, 3.63) is 11.1 Å². The monoisotopic (exact) mass is 272 g/mol. The highest BCUT2D eigenvalue weighted by Crippen LogP contribution is 2.22. The molecule has 0 N–H and O–H groups in total. The fourth-order valence-electron chi connectivity index (χ4n) is 3.00. The Morgan fingerprint density at radius 3 is 1.15 bits per heavy atom. The summed E-state index contributed by atoms with van der Waals surface area (Å²) in [6, 6.07) is 4.17. The molecule has 2 heteroatoms. The maximum absolute atomic E-state index is 9.06. The maximum Gasteiger partial charge on any atom is 0.128 e. The molecule has 0 unspecified atom stereocenters. The molecule has 2 nitrogen and oxygen atoms in total. The normalized spacial score (nSPS) is 20.0. The highest BCUT2D eigenvalue weighted by molar-refractivity contribution is 5.40. The Labute approximate surface area is 124 Å². The minimum absolute atomic E-state index is 0.384. The fraction of sp³-hybridized carbons (Fsp3) is 0.778. The second-order valence-electron chi connectivity index (χ2n) is 5.94. The molecule has 1 aliphatic rings. The van der Waals surface area contributed by atoms with Crippen molar-refractivity contribution in [1.82, 2.24) is 0 Å². The molecule has 1 saturated carbocycles. The first-order valence-electron chi connectivity index (χ1n) is 8.40. The standard InChI is InChI=1S/C18H28N2/c19-15-18(16-20)17-13-11-9-7-5-3-1-2-4-6-8-10-12-14-17/h1-14H2. The molecule has 0 atom stereocenters. The molecule has 0 aromatic heterocycles. The number of hydrogen-bond acceptors (Lipinski definition) is 2. The van der Waals surface area contributed by atoms with Crippen LogP contribution in [0.25, 0.3) is 0 Å². The zero-order chi connectivity index (χ0) is 14.5. The average molecular weight is 272 g/mol. The highest BCUT2D eigenvalue weighted by atomic mass is 14.3. The van der Waals surface area contributed by atoms with Gasteiger partial charge in [0.1, 0.15) is 17.7 Å². The molecule has 20 heavy (non-hydrogen) atoms. The van der Waals surface area contributed by atoms with Crippen molar-refractivity contribution in [2.24, 2.45) is 0 Å². The Morgan fingerprint density at radius 2 is 0.850 bits per heavy atom. The van der Waals surface area contributed by atoms with E-state index in [0.29, 0.717) is 5.57 Å². The minimum atomic E-state index is 0.384. The fourth-order valence-corrected chi connectivity index (χ4v) is 3.00. The molecule has 0 bridgehead atoms. The number of nitrogens with zero attached hydrogens (tertiary/aromatic N) is 2. The van der Waals surface area contributed by atoms with Crippen LogP contribution in [0.2, 0.25) is 0 Å². The summed E-state index contributed by atoms with van der Waals surface area (Å²) in [5.41, 5.74) is 1.50. The second-order valence-corrected chi connectivity index (χ2v) is 5.94. The third kappa shape index (κ3) is 7.34. The first-order valence-corrected chi connectivity index (χ1v) is 8.40. The van der Waals surface area contributed by atoms with E-state index in [-0.39, 0.29) is 0 Å². The van der Waals surface area contributed by atoms with Gasteiger partial charge in [-0.3, -0.25) is 0 Å². The van der Waals surface area contributed by atoms with Crippen LogP contribution in [0.3, 0.4) is 0 Å². The van der Waals surface area contributed by atoms with Crippen LogP contribution in [-0.2, 0) is 0 Å². The van der Waals surface area contributed by atoms with E-state index in [9.17, 15) is 0 Å². The van der Waals surface area contributed by atoms with Crippen molar-refractivity contribution in [3.63, 3.8) is 0 Å². The van der Waals surface area contributed by atoms with Crippen LogP contribution in [0.4, 0.5) is 0 Å². The van der Waals surface area contributed by atoms with Gasteiger partial charge in [-0.05, 0) is 31.3 Å². The first kappa shape index (κ1) is 16.8. The van der Waals surface area contributed by atoms with E-state index in [1.54, 1.807) is 0 Å². The highest BCUT2D eigenvalue weighted by Gasteiger charge is 2.07. The molecule has 0 saturated heterocycles. The lowest BCUT2D eigenvalue weighted by Crippen LogP contribution is -1.92. The van der Waals surface area contributed by atoms with Crippen molar-refractivity contribution in [2.75, 3.05) is 0 Å². The van der Waals surface area contributed by atoms with E-state index in [4.69, 9.17) is 10.5 Å². The van der Waals surface area contributed by atoms with E-state index < -0.39 is 0 Å². The summed E-state index contributed by atoms with van der Waals surface area (Å²) in [4.78, 5) is 0. The Bertz CT molecular complexity index is 334. The van der Waals surface area contributed by atoms with Gasteiger partial charge in [-0.15, -0.1) is 0 Å². The second kappa shape index (κ2) is 11.5. The van der Waals surface area contributed by atoms with Crippen LogP contribution in [-0.4, -0.2) is 0 Å². The lowest BCUT2D eigenvalue weighted by molar-refractivity contribution is 0.548. The summed E-state index contributed by atoms with van der Waals surface area (Å²) < 4.78 is 0. The van der Waals surface area contributed by atoms with E-state index in [0.717, 1.165) is 31.3 Å². The van der Waals surface area contributed by atoms with Gasteiger partial charge in [0.25, 0.3) is 0 Å². The van der Waals surface area contributed by atoms with Crippen molar-refractivity contribution in [1.29, 1.82) is 10.5 Å². The van der Waals surface area contributed by atoms with Crippen molar-refractivity contribution in [2.45, 2.75) is 89.9 Å². The largest absolute Gasteiger partial charge is 0.192 e. The summed E-state index contributed by atoms with van der Waals surface area (Å²) >= 11 is 0. The van der Waals surface area contributed by atoms with E-state index in [1.165, 1.54) is 64.2 Å². The van der Waals surface area contributed by atoms with Gasteiger partial charge in [-0.2, -0.15) is 10.5 Å². The summed E-state index contributed by atoms with van der Waals surface area (Å²) in [5, 5.41) is 18.1. The summed E-state index contributed by atoms with van der Waals surface area (Å²) in [6.45, 7) is 0. The lowest BCUT2D eigenvalue weighted by Gasteiger charge is -2.07. The molecule has 110 valence electrons. The van der Waals surface area contributed by atoms with Crippen molar-refractivity contribution >= 4 is 0 Å². The smallest absolute Gasteiger partial charge is 0.128 e. The molecule has 1 rings (SSSR count). The number of rotatable bonds is 0. The van der Waals surface area contributed by atoms with E-state index in [2.05, 4.69) is 12.1 Å². The topological polar surface area (TPSA) is 47.6 Å². The van der Waals surface area contributed by atoms with Gasteiger partial charge in [-0.1, -0.05) is 64.2 Å². The Morgan fingerprint density at radius 1 is 0.550 bits per heavy atom. The SMILES string of the molecule is N#CC(C#N)=C1CCCCCCCCCCCCCC1. The van der Waals surface area contributed by atoms with Gasteiger partial charge >= 0.3 is 0 Å². The summed E-state index contributed by atoms with van der Waals surface area (Å²) in [6.07, 6.45) is 17.6. The van der Waals surface area contributed by atoms with Crippen LogP contribution in [0.15, 0.2) is 11.1 Å². The van der Waals surface area contributed by atoms with Gasteiger partial charge in [-0.25, -0.2) is 0 Å². The molecule has 0 amide bonds.